The first-order valence-corrected chi connectivity index (χ1v) is 12.0. The summed E-state index contributed by atoms with van der Waals surface area (Å²) in [6.45, 7) is 10.9. The van der Waals surface area contributed by atoms with Crippen molar-refractivity contribution in [1.82, 2.24) is 3.97 Å². The van der Waals surface area contributed by atoms with Crippen molar-refractivity contribution in [1.29, 1.82) is 0 Å². The molecule has 0 amide bonds. The van der Waals surface area contributed by atoms with Gasteiger partial charge < -0.3 is 14.4 Å². The van der Waals surface area contributed by atoms with Gasteiger partial charge in [0, 0.05) is 40.2 Å². The molecule has 176 valence electrons. The zero-order chi connectivity index (χ0) is 23.7. The minimum Gasteiger partial charge on any atom is -0.495 e. The summed E-state index contributed by atoms with van der Waals surface area (Å²) in [5.41, 5.74) is 1.64. The van der Waals surface area contributed by atoms with Crippen molar-refractivity contribution < 1.29 is 18.3 Å². The van der Waals surface area contributed by atoms with Crippen molar-refractivity contribution in [2.75, 3.05) is 38.3 Å². The number of fused-ring (bicyclic) bond motifs is 1. The number of halogens is 3. The summed E-state index contributed by atoms with van der Waals surface area (Å²) in [5, 5.41) is 1.02. The second-order valence-electron chi connectivity index (χ2n) is 6.40. The van der Waals surface area contributed by atoms with E-state index >= 15 is 0 Å². The maximum Gasteiger partial charge on any atom is 0.265 e. The molecule has 0 spiro atoms. The van der Waals surface area contributed by atoms with Gasteiger partial charge in [0.15, 0.2) is 0 Å². The Morgan fingerprint density at radius 3 is 2.34 bits per heavy atom. The Bertz CT molecular complexity index is 992. The van der Waals surface area contributed by atoms with Gasteiger partial charge in [0.05, 0.1) is 31.5 Å². The maximum absolute atomic E-state index is 13.5. The number of nitrogens with zero attached hydrogens (tertiary/aromatic N) is 2. The summed E-state index contributed by atoms with van der Waals surface area (Å²) in [7, 11) is 1.64. The minimum absolute atomic E-state index is 0.00100. The molecular formula is C24H31ClF2N2O2S. The van der Waals surface area contributed by atoms with E-state index < -0.39 is 6.43 Å². The van der Waals surface area contributed by atoms with Crippen molar-refractivity contribution in [3.05, 3.63) is 53.2 Å². The number of anilines is 1. The SMILES string of the molecule is CC.CC.COc1ccc(Sn2cc(C(F)F)c3ccc(Cl)cc32)cc1N1CCOCC1. The van der Waals surface area contributed by atoms with Crippen LogP contribution in [0.3, 0.4) is 0 Å². The fourth-order valence-corrected chi connectivity index (χ4v) is 4.44. The van der Waals surface area contributed by atoms with E-state index in [0.717, 1.165) is 29.4 Å². The van der Waals surface area contributed by atoms with Gasteiger partial charge in [-0.05, 0) is 42.3 Å². The normalized spacial score (nSPS) is 13.3. The summed E-state index contributed by atoms with van der Waals surface area (Å²) in [5.74, 6) is 0.778. The molecule has 2 aromatic carbocycles. The Kier molecular flexibility index (Phi) is 10.6. The molecule has 4 nitrogen and oxygen atoms in total. The van der Waals surface area contributed by atoms with E-state index in [-0.39, 0.29) is 5.56 Å². The lowest BCUT2D eigenvalue weighted by Crippen LogP contribution is -2.36. The molecule has 2 heterocycles. The first kappa shape index (κ1) is 26.3. The van der Waals surface area contributed by atoms with E-state index in [4.69, 9.17) is 21.1 Å². The molecule has 0 radical (unpaired) electrons. The van der Waals surface area contributed by atoms with Gasteiger partial charge in [-0.15, -0.1) is 0 Å². The van der Waals surface area contributed by atoms with Crippen LogP contribution in [0.25, 0.3) is 10.9 Å². The molecule has 0 N–H and O–H groups in total. The molecular weight excluding hydrogens is 454 g/mol. The third kappa shape index (κ3) is 6.09. The highest BCUT2D eigenvalue weighted by atomic mass is 35.5. The average molecular weight is 485 g/mol. The average Bonchev–Trinajstić information content (AvgIpc) is 3.20. The molecule has 1 fully saturated rings. The number of morpholine rings is 1. The lowest BCUT2D eigenvalue weighted by molar-refractivity contribution is 0.122. The van der Waals surface area contributed by atoms with Crippen LogP contribution in [0, 0.1) is 0 Å². The second-order valence-corrected chi connectivity index (χ2v) is 7.88. The third-order valence-corrected chi connectivity index (χ3v) is 5.90. The van der Waals surface area contributed by atoms with Crippen LogP contribution in [-0.4, -0.2) is 37.4 Å². The fraction of sp³-hybridized carbons (Fsp3) is 0.417. The first-order valence-electron chi connectivity index (χ1n) is 10.8. The molecule has 0 unspecified atom stereocenters. The molecule has 8 heteroatoms. The largest absolute Gasteiger partial charge is 0.495 e. The Balaban J connectivity index is 0.000000860. The quantitative estimate of drug-likeness (QED) is 0.371. The Hall–Kier alpha value is -1.96. The smallest absolute Gasteiger partial charge is 0.265 e. The van der Waals surface area contributed by atoms with Crippen molar-refractivity contribution in [2.45, 2.75) is 39.0 Å². The van der Waals surface area contributed by atoms with E-state index in [2.05, 4.69) is 4.90 Å². The molecule has 1 aliphatic rings. The van der Waals surface area contributed by atoms with Gasteiger partial charge in [-0.3, -0.25) is 3.97 Å². The van der Waals surface area contributed by atoms with Crippen LogP contribution >= 0.6 is 23.5 Å². The van der Waals surface area contributed by atoms with Crippen LogP contribution in [0.2, 0.25) is 5.02 Å². The molecule has 1 aromatic heterocycles. The van der Waals surface area contributed by atoms with E-state index in [1.807, 2.05) is 45.9 Å². The van der Waals surface area contributed by atoms with Crippen LogP contribution in [0.4, 0.5) is 14.5 Å². The van der Waals surface area contributed by atoms with E-state index in [9.17, 15) is 8.78 Å². The number of methoxy groups -OCH3 is 1. The summed E-state index contributed by atoms with van der Waals surface area (Å²) >= 11 is 7.48. The van der Waals surface area contributed by atoms with Crippen LogP contribution in [-0.2, 0) is 4.74 Å². The number of alkyl halides is 2. The molecule has 0 bridgehead atoms. The van der Waals surface area contributed by atoms with Gasteiger partial charge in [-0.2, -0.15) is 0 Å². The fourth-order valence-electron chi connectivity index (χ4n) is 3.34. The number of hydrogen-bond acceptors (Lipinski definition) is 4. The molecule has 4 rings (SSSR count). The highest BCUT2D eigenvalue weighted by molar-refractivity contribution is 7.98. The molecule has 1 saturated heterocycles. The number of ether oxygens (including phenoxy) is 2. The third-order valence-electron chi connectivity index (χ3n) is 4.71. The molecule has 0 aliphatic carbocycles. The summed E-state index contributed by atoms with van der Waals surface area (Å²) in [4.78, 5) is 3.13. The Morgan fingerprint density at radius 1 is 1.03 bits per heavy atom. The summed E-state index contributed by atoms with van der Waals surface area (Å²) in [6, 6.07) is 10.8. The molecule has 32 heavy (non-hydrogen) atoms. The van der Waals surface area contributed by atoms with Crippen LogP contribution in [0.1, 0.15) is 39.7 Å². The van der Waals surface area contributed by atoms with Crippen molar-refractivity contribution >= 4 is 40.1 Å². The van der Waals surface area contributed by atoms with Crippen LogP contribution < -0.4 is 9.64 Å². The van der Waals surface area contributed by atoms with Crippen molar-refractivity contribution in [2.24, 2.45) is 0 Å². The molecule has 0 atom stereocenters. The first-order chi connectivity index (χ1) is 15.6. The lowest BCUT2D eigenvalue weighted by atomic mass is 10.2. The number of aromatic nitrogens is 1. The monoisotopic (exact) mass is 484 g/mol. The predicted octanol–water partition coefficient (Wildman–Crippen LogP) is 7.69. The topological polar surface area (TPSA) is 26.6 Å². The van der Waals surface area contributed by atoms with E-state index in [1.54, 1.807) is 29.3 Å². The van der Waals surface area contributed by atoms with Crippen molar-refractivity contribution in [3.8, 4) is 5.75 Å². The van der Waals surface area contributed by atoms with Crippen LogP contribution in [0.15, 0.2) is 47.5 Å². The second kappa shape index (κ2) is 12.9. The highest BCUT2D eigenvalue weighted by Crippen LogP contribution is 2.38. The van der Waals surface area contributed by atoms with Gasteiger partial charge in [-0.25, -0.2) is 8.78 Å². The van der Waals surface area contributed by atoms with E-state index in [0.29, 0.717) is 29.1 Å². The summed E-state index contributed by atoms with van der Waals surface area (Å²) < 4.78 is 39.6. The Labute approximate surface area is 198 Å². The number of hydrogen-bond donors (Lipinski definition) is 0. The summed E-state index contributed by atoms with van der Waals surface area (Å²) in [6.07, 6.45) is -1.07. The molecule has 3 aromatic rings. The molecule has 1 aliphatic heterocycles. The highest BCUT2D eigenvalue weighted by Gasteiger charge is 2.19. The van der Waals surface area contributed by atoms with E-state index in [1.165, 1.54) is 18.1 Å². The Morgan fingerprint density at radius 2 is 1.72 bits per heavy atom. The zero-order valence-corrected chi connectivity index (χ0v) is 20.8. The standard InChI is InChI=1S/C20H19ClF2N2O2S.2C2H6/c1-26-19-5-3-14(11-18(19)24-6-8-27-9-7-24)28-25-12-16(20(22)23)15-4-2-13(21)10-17(15)25;2*1-2/h2-5,10-12,20H,6-9H2,1H3;2*1-2H3. The maximum atomic E-state index is 13.5. The molecule has 0 saturated carbocycles. The number of benzene rings is 2. The van der Waals surface area contributed by atoms with Crippen molar-refractivity contribution in [3.63, 3.8) is 0 Å². The van der Waals surface area contributed by atoms with Gasteiger partial charge in [0.25, 0.3) is 6.43 Å². The van der Waals surface area contributed by atoms with Gasteiger partial charge in [0.1, 0.15) is 5.75 Å². The van der Waals surface area contributed by atoms with Crippen LogP contribution in [0.5, 0.6) is 5.75 Å². The lowest BCUT2D eigenvalue weighted by Gasteiger charge is -2.30. The van der Waals surface area contributed by atoms with Gasteiger partial charge in [0.2, 0.25) is 0 Å². The van der Waals surface area contributed by atoms with Gasteiger partial charge >= 0.3 is 0 Å². The van der Waals surface area contributed by atoms with Gasteiger partial charge in [-0.1, -0.05) is 45.4 Å². The zero-order valence-electron chi connectivity index (χ0n) is 19.2. The minimum atomic E-state index is -2.55. The predicted molar refractivity (Wildman–Crippen MR) is 132 cm³/mol. The number of rotatable bonds is 5.